The molecule has 0 aromatic carbocycles. The first-order chi connectivity index (χ1) is 9.84. The summed E-state index contributed by atoms with van der Waals surface area (Å²) in [5.74, 6) is 0.731. The van der Waals surface area contributed by atoms with E-state index in [4.69, 9.17) is 0 Å². The Kier molecular flexibility index (Phi) is 5.72. The van der Waals surface area contributed by atoms with Gasteiger partial charge in [0.15, 0.2) is 0 Å². The Labute approximate surface area is 131 Å². The van der Waals surface area contributed by atoms with Crippen LogP contribution in [0.3, 0.4) is 0 Å². The van der Waals surface area contributed by atoms with Crippen LogP contribution in [-0.4, -0.2) is 47.8 Å². The zero-order valence-corrected chi connectivity index (χ0v) is 14.6. The van der Waals surface area contributed by atoms with Crippen molar-refractivity contribution in [1.29, 1.82) is 0 Å². The third-order valence-electron chi connectivity index (χ3n) is 5.57. The molecule has 21 heavy (non-hydrogen) atoms. The number of hydrogen-bond donors (Lipinski definition) is 2. The molecule has 0 spiro atoms. The molecule has 0 aromatic rings. The Morgan fingerprint density at radius 2 is 1.95 bits per heavy atom. The van der Waals surface area contributed by atoms with Crippen molar-refractivity contribution >= 4 is 0 Å². The molecule has 0 bridgehead atoms. The Morgan fingerprint density at radius 3 is 2.62 bits per heavy atom. The summed E-state index contributed by atoms with van der Waals surface area (Å²) in [4.78, 5) is 2.51. The van der Waals surface area contributed by atoms with Crippen molar-refractivity contribution < 1.29 is 5.11 Å². The van der Waals surface area contributed by atoms with Gasteiger partial charge in [-0.3, -0.25) is 0 Å². The second-order valence-electron chi connectivity index (χ2n) is 8.41. The van der Waals surface area contributed by atoms with E-state index in [1.165, 1.54) is 25.7 Å². The van der Waals surface area contributed by atoms with Crippen LogP contribution in [0.15, 0.2) is 0 Å². The second-order valence-corrected chi connectivity index (χ2v) is 8.41. The number of aliphatic hydroxyl groups is 1. The summed E-state index contributed by atoms with van der Waals surface area (Å²) in [6.45, 7) is 13.4. The van der Waals surface area contributed by atoms with Crippen LogP contribution in [0.1, 0.15) is 66.2 Å². The van der Waals surface area contributed by atoms with Crippen LogP contribution in [0.2, 0.25) is 0 Å². The van der Waals surface area contributed by atoms with Crippen molar-refractivity contribution in [2.75, 3.05) is 26.2 Å². The summed E-state index contributed by atoms with van der Waals surface area (Å²) in [7, 11) is 0. The molecule has 2 aliphatic rings. The van der Waals surface area contributed by atoms with Gasteiger partial charge in [0.1, 0.15) is 0 Å². The van der Waals surface area contributed by atoms with Gasteiger partial charge < -0.3 is 15.3 Å². The van der Waals surface area contributed by atoms with Crippen LogP contribution in [0.25, 0.3) is 0 Å². The highest BCUT2D eigenvalue weighted by atomic mass is 16.3. The molecule has 3 atom stereocenters. The van der Waals surface area contributed by atoms with Gasteiger partial charge in [-0.05, 0) is 63.5 Å². The summed E-state index contributed by atoms with van der Waals surface area (Å²) in [5.41, 5.74) is -0.0782. The predicted molar refractivity (Wildman–Crippen MR) is 89.5 cm³/mol. The first-order valence-electron chi connectivity index (χ1n) is 9.02. The van der Waals surface area contributed by atoms with Gasteiger partial charge in [0.25, 0.3) is 0 Å². The van der Waals surface area contributed by atoms with Gasteiger partial charge in [0.2, 0.25) is 0 Å². The van der Waals surface area contributed by atoms with E-state index in [1.807, 2.05) is 6.92 Å². The molecule has 124 valence electrons. The molecule has 1 saturated heterocycles. The zero-order chi connectivity index (χ0) is 15.5. The molecule has 2 fully saturated rings. The van der Waals surface area contributed by atoms with Crippen molar-refractivity contribution in [2.45, 2.75) is 77.9 Å². The highest BCUT2D eigenvalue weighted by molar-refractivity contribution is 4.95. The molecular weight excluding hydrogens is 260 g/mol. The van der Waals surface area contributed by atoms with Crippen LogP contribution in [0.5, 0.6) is 0 Å². The highest BCUT2D eigenvalue weighted by Crippen LogP contribution is 2.39. The number of nitrogens with one attached hydrogen (secondary N) is 1. The van der Waals surface area contributed by atoms with Crippen molar-refractivity contribution in [3.05, 3.63) is 0 Å². The van der Waals surface area contributed by atoms with E-state index in [2.05, 4.69) is 31.0 Å². The third-order valence-corrected chi connectivity index (χ3v) is 5.57. The molecule has 3 unspecified atom stereocenters. The Morgan fingerprint density at radius 1 is 1.19 bits per heavy atom. The standard InChI is InChI=1S/C18H36N2O/c1-5-11-19-16-15(8-6-9-17(16,2)3)13-20-12-7-10-18(4,21)14-20/h15-16,19,21H,5-14H2,1-4H3. The van der Waals surface area contributed by atoms with E-state index in [0.29, 0.717) is 11.5 Å². The van der Waals surface area contributed by atoms with E-state index in [1.54, 1.807) is 0 Å². The van der Waals surface area contributed by atoms with E-state index < -0.39 is 5.60 Å². The second kappa shape index (κ2) is 6.97. The normalized spacial score (nSPS) is 37.6. The number of piperidine rings is 1. The Bertz CT molecular complexity index is 327. The molecule has 2 rings (SSSR count). The van der Waals surface area contributed by atoms with Crippen molar-refractivity contribution in [1.82, 2.24) is 10.2 Å². The number of hydrogen-bond acceptors (Lipinski definition) is 3. The van der Waals surface area contributed by atoms with Crippen LogP contribution in [0, 0.1) is 11.3 Å². The smallest absolute Gasteiger partial charge is 0.0746 e. The van der Waals surface area contributed by atoms with Crippen LogP contribution in [-0.2, 0) is 0 Å². The molecule has 3 heteroatoms. The topological polar surface area (TPSA) is 35.5 Å². The number of nitrogens with zero attached hydrogens (tertiary/aromatic N) is 1. The average molecular weight is 296 g/mol. The lowest BCUT2D eigenvalue weighted by Crippen LogP contribution is -2.55. The molecule has 3 nitrogen and oxygen atoms in total. The number of likely N-dealkylation sites (tertiary alicyclic amines) is 1. The first kappa shape index (κ1) is 17.2. The molecule has 1 saturated carbocycles. The van der Waals surface area contributed by atoms with Crippen molar-refractivity contribution in [3.8, 4) is 0 Å². The van der Waals surface area contributed by atoms with E-state index in [0.717, 1.165) is 44.9 Å². The molecule has 2 N–H and O–H groups in total. The minimum absolute atomic E-state index is 0.399. The molecule has 1 heterocycles. The molecule has 0 radical (unpaired) electrons. The lowest BCUT2D eigenvalue weighted by atomic mass is 9.67. The fourth-order valence-electron chi connectivity index (χ4n) is 4.53. The minimum atomic E-state index is -0.477. The number of β-amino-alcohol motifs (C(OH)–C–C–N with tert-alkyl or cyclic N) is 1. The highest BCUT2D eigenvalue weighted by Gasteiger charge is 2.40. The van der Waals surface area contributed by atoms with Gasteiger partial charge in [0.05, 0.1) is 5.60 Å². The van der Waals surface area contributed by atoms with E-state index >= 15 is 0 Å². The Balaban J connectivity index is 1.98. The fourth-order valence-corrected chi connectivity index (χ4v) is 4.53. The largest absolute Gasteiger partial charge is 0.389 e. The maximum atomic E-state index is 10.3. The summed E-state index contributed by atoms with van der Waals surface area (Å²) < 4.78 is 0. The monoisotopic (exact) mass is 296 g/mol. The van der Waals surface area contributed by atoms with Gasteiger partial charge in [-0.2, -0.15) is 0 Å². The summed E-state index contributed by atoms with van der Waals surface area (Å²) in [6.07, 6.45) is 7.32. The minimum Gasteiger partial charge on any atom is -0.389 e. The lowest BCUT2D eigenvalue weighted by Gasteiger charge is -2.47. The van der Waals surface area contributed by atoms with E-state index in [9.17, 15) is 5.11 Å². The fraction of sp³-hybridized carbons (Fsp3) is 1.00. The van der Waals surface area contributed by atoms with Gasteiger partial charge in [-0.25, -0.2) is 0 Å². The maximum Gasteiger partial charge on any atom is 0.0746 e. The van der Waals surface area contributed by atoms with Crippen LogP contribution >= 0.6 is 0 Å². The van der Waals surface area contributed by atoms with Gasteiger partial charge in [0, 0.05) is 19.1 Å². The zero-order valence-electron chi connectivity index (χ0n) is 14.6. The number of rotatable bonds is 5. The van der Waals surface area contributed by atoms with Crippen LogP contribution in [0.4, 0.5) is 0 Å². The molecule has 0 amide bonds. The first-order valence-corrected chi connectivity index (χ1v) is 9.02. The van der Waals surface area contributed by atoms with Gasteiger partial charge in [-0.1, -0.05) is 27.2 Å². The predicted octanol–water partition coefficient (Wildman–Crippen LogP) is 3.03. The molecular formula is C18H36N2O. The van der Waals surface area contributed by atoms with Gasteiger partial charge in [-0.15, -0.1) is 0 Å². The summed E-state index contributed by atoms with van der Waals surface area (Å²) >= 11 is 0. The molecule has 1 aliphatic carbocycles. The van der Waals surface area contributed by atoms with E-state index in [-0.39, 0.29) is 0 Å². The maximum absolute atomic E-state index is 10.3. The third kappa shape index (κ3) is 4.67. The SMILES string of the molecule is CCCNC1C(CN2CCCC(C)(O)C2)CCCC1(C)C. The summed E-state index contributed by atoms with van der Waals surface area (Å²) in [6, 6.07) is 0.623. The van der Waals surface area contributed by atoms with Crippen molar-refractivity contribution in [2.24, 2.45) is 11.3 Å². The van der Waals surface area contributed by atoms with Crippen molar-refractivity contribution in [3.63, 3.8) is 0 Å². The molecule has 0 aromatic heterocycles. The van der Waals surface area contributed by atoms with Crippen LogP contribution < -0.4 is 5.32 Å². The molecule has 1 aliphatic heterocycles. The average Bonchev–Trinajstić information content (AvgIpc) is 2.36. The van der Waals surface area contributed by atoms with Gasteiger partial charge >= 0.3 is 0 Å². The summed E-state index contributed by atoms with van der Waals surface area (Å²) in [5, 5.41) is 14.2. The quantitative estimate of drug-likeness (QED) is 0.818. The lowest BCUT2D eigenvalue weighted by molar-refractivity contribution is -0.0282. The Hall–Kier alpha value is -0.120.